The summed E-state index contributed by atoms with van der Waals surface area (Å²) in [6.07, 6.45) is 5.58. The van der Waals surface area contributed by atoms with Crippen molar-refractivity contribution >= 4 is 45.3 Å². The zero-order chi connectivity index (χ0) is 20.3. The highest BCUT2D eigenvalue weighted by atomic mass is 32.2. The molecule has 0 bridgehead atoms. The van der Waals surface area contributed by atoms with E-state index in [0.717, 1.165) is 20.3 Å². The number of nitrogens with zero attached hydrogens (tertiary/aromatic N) is 2. The molecular formula is C20H17N3O4S2. The molecule has 9 heteroatoms. The lowest BCUT2D eigenvalue weighted by molar-refractivity contribution is -0.117. The summed E-state index contributed by atoms with van der Waals surface area (Å²) in [7, 11) is -3.93. The van der Waals surface area contributed by atoms with E-state index in [0.29, 0.717) is 11.4 Å². The lowest BCUT2D eigenvalue weighted by atomic mass is 10.1. The van der Waals surface area contributed by atoms with E-state index in [2.05, 4.69) is 4.98 Å². The van der Waals surface area contributed by atoms with Crippen LogP contribution in [0.2, 0.25) is 0 Å². The van der Waals surface area contributed by atoms with Crippen molar-refractivity contribution in [2.45, 2.75) is 6.61 Å². The molecule has 0 aliphatic carbocycles. The monoisotopic (exact) mass is 427 g/mol. The predicted molar refractivity (Wildman–Crippen MR) is 113 cm³/mol. The highest BCUT2D eigenvalue weighted by Crippen LogP contribution is 2.33. The molecule has 7 nitrogen and oxygen atoms in total. The summed E-state index contributed by atoms with van der Waals surface area (Å²) < 4.78 is 33.5. The number of hydrogen-bond acceptors (Lipinski definition) is 6. The number of anilines is 1. The highest BCUT2D eigenvalue weighted by Gasteiger charge is 2.35. The highest BCUT2D eigenvalue weighted by molar-refractivity contribution is 7.92. The van der Waals surface area contributed by atoms with Crippen LogP contribution < -0.4 is 13.8 Å². The van der Waals surface area contributed by atoms with E-state index in [1.165, 1.54) is 11.3 Å². The molecule has 1 aliphatic heterocycles. The molecule has 0 spiro atoms. The Morgan fingerprint density at radius 3 is 2.69 bits per heavy atom. The third kappa shape index (κ3) is 4.47. The van der Waals surface area contributed by atoms with Gasteiger partial charge in [-0.25, -0.2) is 9.03 Å². The van der Waals surface area contributed by atoms with Gasteiger partial charge in [-0.05, 0) is 29.3 Å². The van der Waals surface area contributed by atoms with Gasteiger partial charge in [-0.1, -0.05) is 42.5 Å². The summed E-state index contributed by atoms with van der Waals surface area (Å²) in [6.45, 7) is -0.00873. The van der Waals surface area contributed by atoms with Gasteiger partial charge in [-0.2, -0.15) is 8.42 Å². The van der Waals surface area contributed by atoms with Crippen molar-refractivity contribution in [1.29, 1.82) is 0 Å². The number of rotatable bonds is 6. The van der Waals surface area contributed by atoms with Crippen molar-refractivity contribution in [3.8, 4) is 5.75 Å². The van der Waals surface area contributed by atoms with Crippen molar-refractivity contribution in [1.82, 2.24) is 9.71 Å². The molecular weight excluding hydrogens is 410 g/mol. The molecule has 1 saturated heterocycles. The first-order valence-corrected chi connectivity index (χ1v) is 11.0. The van der Waals surface area contributed by atoms with E-state index in [1.54, 1.807) is 29.9 Å². The lowest BCUT2D eigenvalue weighted by Crippen LogP contribution is -2.29. The Labute approximate surface area is 172 Å². The topological polar surface area (TPSA) is 88.6 Å². The van der Waals surface area contributed by atoms with Crippen LogP contribution in [0.1, 0.15) is 16.0 Å². The molecule has 2 aromatic carbocycles. The van der Waals surface area contributed by atoms with E-state index in [-0.39, 0.29) is 13.2 Å². The van der Waals surface area contributed by atoms with E-state index < -0.39 is 16.1 Å². The minimum atomic E-state index is -3.93. The maximum Gasteiger partial charge on any atom is 0.326 e. The zero-order valence-electron chi connectivity index (χ0n) is 15.2. The summed E-state index contributed by atoms with van der Waals surface area (Å²) in [6, 6.07) is 14.7. The lowest BCUT2D eigenvalue weighted by Gasteiger charge is -2.19. The van der Waals surface area contributed by atoms with Gasteiger partial charge >= 0.3 is 10.2 Å². The average Bonchev–Trinajstić information content (AvgIpc) is 3.32. The van der Waals surface area contributed by atoms with Gasteiger partial charge in [0, 0.05) is 11.1 Å². The SMILES string of the molecule is O=C1CN(c2ccc(/C=C/c3cncs3)cc2OCc2ccccc2)S(=O)(=O)N1. The molecule has 0 unspecified atom stereocenters. The molecule has 0 radical (unpaired) electrons. The number of hydrogen-bond donors (Lipinski definition) is 1. The largest absolute Gasteiger partial charge is 0.487 e. The molecule has 1 fully saturated rings. The van der Waals surface area contributed by atoms with Crippen molar-refractivity contribution in [3.05, 3.63) is 76.2 Å². The van der Waals surface area contributed by atoms with Crippen LogP contribution in [0.5, 0.6) is 5.75 Å². The molecule has 148 valence electrons. The Kier molecular flexibility index (Phi) is 5.32. The first kappa shape index (κ1) is 19.2. The molecule has 3 aromatic rings. The van der Waals surface area contributed by atoms with Crippen LogP contribution in [0, 0.1) is 0 Å². The first-order valence-electron chi connectivity index (χ1n) is 8.72. The van der Waals surface area contributed by atoms with Crippen LogP contribution in [0.3, 0.4) is 0 Å². The second kappa shape index (κ2) is 8.06. The number of aromatic nitrogens is 1. The Bertz CT molecular complexity index is 1140. The Morgan fingerprint density at radius 1 is 1.17 bits per heavy atom. The number of thiazole rings is 1. The maximum absolute atomic E-state index is 12.3. The smallest absolute Gasteiger partial charge is 0.326 e. The van der Waals surface area contributed by atoms with Gasteiger partial charge in [-0.3, -0.25) is 9.78 Å². The van der Waals surface area contributed by atoms with Crippen LogP contribution in [-0.2, 0) is 21.6 Å². The second-order valence-corrected chi connectivity index (χ2v) is 8.79. The van der Waals surface area contributed by atoms with Crippen LogP contribution in [0.15, 0.2) is 60.2 Å². The van der Waals surface area contributed by atoms with Gasteiger partial charge in [-0.15, -0.1) is 11.3 Å². The minimum absolute atomic E-state index is 0.269. The molecule has 1 amide bonds. The van der Waals surface area contributed by atoms with E-state index >= 15 is 0 Å². The summed E-state index contributed by atoms with van der Waals surface area (Å²) in [5.41, 5.74) is 3.84. The van der Waals surface area contributed by atoms with Crippen molar-refractivity contribution in [2.75, 3.05) is 10.8 Å². The summed E-state index contributed by atoms with van der Waals surface area (Å²) in [5, 5.41) is 0. The van der Waals surface area contributed by atoms with Crippen molar-refractivity contribution < 1.29 is 17.9 Å². The second-order valence-electron chi connectivity index (χ2n) is 6.28. The minimum Gasteiger partial charge on any atom is -0.487 e. The number of nitrogens with one attached hydrogen (secondary N) is 1. The van der Waals surface area contributed by atoms with Crippen molar-refractivity contribution in [3.63, 3.8) is 0 Å². The Morgan fingerprint density at radius 2 is 2.00 bits per heavy atom. The number of benzene rings is 2. The number of carbonyl (C=O) groups is 1. The fourth-order valence-electron chi connectivity index (χ4n) is 2.84. The van der Waals surface area contributed by atoms with Gasteiger partial charge in [0.05, 0.1) is 11.2 Å². The van der Waals surface area contributed by atoms with Gasteiger partial charge in [0.15, 0.2) is 0 Å². The zero-order valence-corrected chi connectivity index (χ0v) is 16.8. The third-order valence-electron chi connectivity index (χ3n) is 4.20. The van der Waals surface area contributed by atoms with Crippen LogP contribution in [-0.4, -0.2) is 25.9 Å². The van der Waals surface area contributed by atoms with Crippen LogP contribution >= 0.6 is 11.3 Å². The molecule has 1 N–H and O–H groups in total. The number of carbonyl (C=O) groups excluding carboxylic acids is 1. The van der Waals surface area contributed by atoms with Gasteiger partial charge in [0.1, 0.15) is 18.9 Å². The van der Waals surface area contributed by atoms with Crippen LogP contribution in [0.25, 0.3) is 12.2 Å². The normalized spacial score (nSPS) is 15.6. The fourth-order valence-corrected chi connectivity index (χ4v) is 4.51. The number of amides is 1. The molecule has 0 saturated carbocycles. The summed E-state index contributed by atoms with van der Waals surface area (Å²) >= 11 is 1.51. The average molecular weight is 428 g/mol. The Hall–Kier alpha value is -3.17. The molecule has 2 heterocycles. The fraction of sp³-hybridized carbons (Fsp3) is 0.100. The van der Waals surface area contributed by atoms with E-state index in [4.69, 9.17) is 4.74 Å². The third-order valence-corrected chi connectivity index (χ3v) is 6.33. The first-order chi connectivity index (χ1) is 14.0. The standard InChI is InChI=1S/C20H17N3O4S2/c24-20-12-23(29(25,26)22-20)18-9-7-15(6-8-17-11-21-14-28-17)10-19(18)27-13-16-4-2-1-3-5-16/h1-11,14H,12-13H2,(H,22,24)/b8-6+. The molecule has 1 aliphatic rings. The van der Waals surface area contributed by atoms with Crippen molar-refractivity contribution in [2.24, 2.45) is 0 Å². The molecule has 29 heavy (non-hydrogen) atoms. The maximum atomic E-state index is 12.3. The van der Waals surface area contributed by atoms with E-state index in [1.807, 2.05) is 47.2 Å². The van der Waals surface area contributed by atoms with Gasteiger partial charge < -0.3 is 4.74 Å². The van der Waals surface area contributed by atoms with Gasteiger partial charge in [0.25, 0.3) is 5.91 Å². The molecule has 4 rings (SSSR count). The van der Waals surface area contributed by atoms with E-state index in [9.17, 15) is 13.2 Å². The Balaban J connectivity index is 1.66. The quantitative estimate of drug-likeness (QED) is 0.653. The number of ether oxygens (including phenoxy) is 1. The van der Waals surface area contributed by atoms with Crippen LogP contribution in [0.4, 0.5) is 5.69 Å². The predicted octanol–water partition coefficient (Wildman–Crippen LogP) is 3.07. The van der Waals surface area contributed by atoms with Gasteiger partial charge in [0.2, 0.25) is 0 Å². The molecule has 1 aromatic heterocycles. The summed E-state index contributed by atoms with van der Waals surface area (Å²) in [4.78, 5) is 16.7. The molecule has 0 atom stereocenters. The summed E-state index contributed by atoms with van der Waals surface area (Å²) in [5.74, 6) is -0.200.